The predicted molar refractivity (Wildman–Crippen MR) is 73.9 cm³/mol. The van der Waals surface area contributed by atoms with Crippen LogP contribution in [0.25, 0.3) is 0 Å². The van der Waals surface area contributed by atoms with E-state index in [9.17, 15) is 4.79 Å². The molecule has 88 valence electrons. The highest BCUT2D eigenvalue weighted by atomic mass is 32.2. The maximum Gasteiger partial charge on any atom is 0.150 e. The van der Waals surface area contributed by atoms with Gasteiger partial charge < -0.3 is 4.31 Å². The number of allylic oxidation sites excluding steroid dienone is 3. The first-order valence-corrected chi connectivity index (χ1v) is 5.89. The van der Waals surface area contributed by atoms with Crippen LogP contribution in [0.1, 0.15) is 10.4 Å². The number of carbonyl (C=O) groups is 1. The molecule has 0 unspecified atom stereocenters. The van der Waals surface area contributed by atoms with Crippen molar-refractivity contribution in [1.82, 2.24) is 4.31 Å². The van der Waals surface area contributed by atoms with Gasteiger partial charge in [0.05, 0.1) is 0 Å². The smallest absolute Gasteiger partial charge is 0.150 e. The SMILES string of the molecule is C=C/C=C\C(=C)N(C)Sc1cccc(C=O)c1. The van der Waals surface area contributed by atoms with E-state index in [1.165, 1.54) is 11.9 Å². The molecule has 2 nitrogen and oxygen atoms in total. The van der Waals surface area contributed by atoms with Gasteiger partial charge in [0.2, 0.25) is 0 Å². The van der Waals surface area contributed by atoms with Gasteiger partial charge in [0, 0.05) is 23.2 Å². The summed E-state index contributed by atoms with van der Waals surface area (Å²) in [5, 5.41) is 0. The van der Waals surface area contributed by atoms with E-state index < -0.39 is 0 Å². The Morgan fingerprint density at radius 3 is 2.88 bits per heavy atom. The van der Waals surface area contributed by atoms with E-state index >= 15 is 0 Å². The second kappa shape index (κ2) is 6.76. The highest BCUT2D eigenvalue weighted by Crippen LogP contribution is 2.24. The molecule has 0 spiro atoms. The summed E-state index contributed by atoms with van der Waals surface area (Å²) in [4.78, 5) is 11.7. The van der Waals surface area contributed by atoms with Crippen molar-refractivity contribution in [1.29, 1.82) is 0 Å². The fraction of sp³-hybridized carbons (Fsp3) is 0.0714. The highest BCUT2D eigenvalue weighted by Gasteiger charge is 2.02. The van der Waals surface area contributed by atoms with E-state index in [2.05, 4.69) is 13.2 Å². The van der Waals surface area contributed by atoms with Gasteiger partial charge in [-0.2, -0.15) is 0 Å². The van der Waals surface area contributed by atoms with Crippen molar-refractivity contribution in [3.8, 4) is 0 Å². The summed E-state index contributed by atoms with van der Waals surface area (Å²) in [5.41, 5.74) is 1.54. The fourth-order valence-electron chi connectivity index (χ4n) is 1.15. The van der Waals surface area contributed by atoms with Crippen LogP contribution in [0.5, 0.6) is 0 Å². The molecule has 0 amide bonds. The maximum atomic E-state index is 10.7. The molecular weight excluding hydrogens is 230 g/mol. The lowest BCUT2D eigenvalue weighted by atomic mass is 10.2. The summed E-state index contributed by atoms with van der Waals surface area (Å²) in [5.74, 6) is 0. The van der Waals surface area contributed by atoms with E-state index in [0.29, 0.717) is 5.56 Å². The number of likely N-dealkylation sites (N-methyl/N-ethyl adjacent to an activating group) is 1. The lowest BCUT2D eigenvalue weighted by molar-refractivity contribution is 0.112. The number of rotatable bonds is 6. The second-order valence-corrected chi connectivity index (χ2v) is 4.57. The van der Waals surface area contributed by atoms with E-state index in [1.54, 1.807) is 12.1 Å². The molecule has 0 radical (unpaired) electrons. The quantitative estimate of drug-likeness (QED) is 0.433. The Kier molecular flexibility index (Phi) is 5.30. The van der Waals surface area contributed by atoms with Crippen LogP contribution in [0.2, 0.25) is 0 Å². The Morgan fingerprint density at radius 2 is 2.24 bits per heavy atom. The van der Waals surface area contributed by atoms with Crippen LogP contribution in [0.4, 0.5) is 0 Å². The van der Waals surface area contributed by atoms with Crippen molar-refractivity contribution in [2.24, 2.45) is 0 Å². The highest BCUT2D eigenvalue weighted by molar-refractivity contribution is 7.97. The third-order valence-electron chi connectivity index (χ3n) is 2.07. The second-order valence-electron chi connectivity index (χ2n) is 3.37. The molecule has 0 N–H and O–H groups in total. The Balaban J connectivity index is 2.69. The van der Waals surface area contributed by atoms with Crippen LogP contribution in [0.15, 0.2) is 66.2 Å². The van der Waals surface area contributed by atoms with Crippen molar-refractivity contribution in [3.05, 3.63) is 66.9 Å². The van der Waals surface area contributed by atoms with E-state index in [1.807, 2.05) is 41.7 Å². The largest absolute Gasteiger partial charge is 0.316 e. The molecule has 3 heteroatoms. The number of aldehydes is 1. The minimum Gasteiger partial charge on any atom is -0.316 e. The molecule has 1 rings (SSSR count). The Labute approximate surface area is 106 Å². The topological polar surface area (TPSA) is 20.3 Å². The summed E-state index contributed by atoms with van der Waals surface area (Å²) in [7, 11) is 1.92. The zero-order valence-corrected chi connectivity index (χ0v) is 10.6. The van der Waals surface area contributed by atoms with Crippen molar-refractivity contribution < 1.29 is 4.79 Å². The molecule has 1 aromatic rings. The van der Waals surface area contributed by atoms with Crippen molar-refractivity contribution in [2.45, 2.75) is 4.90 Å². The maximum absolute atomic E-state index is 10.7. The van der Waals surface area contributed by atoms with Crippen molar-refractivity contribution >= 4 is 18.2 Å². The van der Waals surface area contributed by atoms with E-state index in [4.69, 9.17) is 0 Å². The van der Waals surface area contributed by atoms with Gasteiger partial charge in [0.15, 0.2) is 0 Å². The van der Waals surface area contributed by atoms with Crippen molar-refractivity contribution in [2.75, 3.05) is 7.05 Å². The molecule has 0 aromatic heterocycles. The zero-order chi connectivity index (χ0) is 12.7. The third kappa shape index (κ3) is 4.33. The van der Waals surface area contributed by atoms with Crippen LogP contribution < -0.4 is 0 Å². The first kappa shape index (κ1) is 13.3. The Morgan fingerprint density at radius 1 is 1.47 bits per heavy atom. The lowest BCUT2D eigenvalue weighted by Crippen LogP contribution is -2.05. The summed E-state index contributed by atoms with van der Waals surface area (Å²) < 4.78 is 1.93. The first-order valence-electron chi connectivity index (χ1n) is 5.12. The summed E-state index contributed by atoms with van der Waals surface area (Å²) in [6, 6.07) is 7.45. The van der Waals surface area contributed by atoms with Crippen LogP contribution in [0.3, 0.4) is 0 Å². The average Bonchev–Trinajstić information content (AvgIpc) is 2.36. The van der Waals surface area contributed by atoms with Gasteiger partial charge in [-0.15, -0.1) is 0 Å². The molecule has 0 heterocycles. The number of benzene rings is 1. The molecule has 0 bridgehead atoms. The van der Waals surface area contributed by atoms with Gasteiger partial charge in [-0.3, -0.25) is 4.79 Å². The van der Waals surface area contributed by atoms with Crippen LogP contribution >= 0.6 is 11.9 Å². The minimum absolute atomic E-state index is 0.677. The summed E-state index contributed by atoms with van der Waals surface area (Å²) in [6.07, 6.45) is 6.26. The summed E-state index contributed by atoms with van der Waals surface area (Å²) in [6.45, 7) is 7.54. The van der Waals surface area contributed by atoms with Gasteiger partial charge in [-0.25, -0.2) is 0 Å². The van der Waals surface area contributed by atoms with Crippen LogP contribution in [0, 0.1) is 0 Å². The van der Waals surface area contributed by atoms with Gasteiger partial charge >= 0.3 is 0 Å². The third-order valence-corrected chi connectivity index (χ3v) is 3.04. The number of carbonyl (C=O) groups excluding carboxylic acids is 1. The standard InChI is InChI=1S/C14H15NOS/c1-4-5-7-12(2)15(3)17-14-9-6-8-13(10-14)11-16/h4-11H,1-2H2,3H3/b7-5-. The van der Waals surface area contributed by atoms with E-state index in [0.717, 1.165) is 16.9 Å². The molecule has 0 saturated heterocycles. The number of hydrogen-bond acceptors (Lipinski definition) is 3. The average molecular weight is 245 g/mol. The van der Waals surface area contributed by atoms with Crippen LogP contribution in [-0.4, -0.2) is 17.6 Å². The molecule has 1 aromatic carbocycles. The van der Waals surface area contributed by atoms with Gasteiger partial charge in [-0.1, -0.05) is 37.4 Å². The van der Waals surface area contributed by atoms with E-state index in [-0.39, 0.29) is 0 Å². The van der Waals surface area contributed by atoms with Gasteiger partial charge in [-0.05, 0) is 30.2 Å². The normalized spacial score (nSPS) is 10.2. The monoisotopic (exact) mass is 245 g/mol. The Bertz CT molecular complexity index is 451. The fourth-order valence-corrected chi connectivity index (χ4v) is 1.97. The molecule has 0 saturated carbocycles. The van der Waals surface area contributed by atoms with Crippen molar-refractivity contribution in [3.63, 3.8) is 0 Å². The molecule has 17 heavy (non-hydrogen) atoms. The summed E-state index contributed by atoms with van der Waals surface area (Å²) >= 11 is 1.52. The molecule has 0 atom stereocenters. The number of hydrogen-bond donors (Lipinski definition) is 0. The molecular formula is C14H15NOS. The number of nitrogens with zero attached hydrogens (tertiary/aromatic N) is 1. The molecule has 0 fully saturated rings. The first-order chi connectivity index (χ1) is 8.17. The molecule has 0 aliphatic heterocycles. The van der Waals surface area contributed by atoms with Gasteiger partial charge in [0.25, 0.3) is 0 Å². The molecule has 0 aliphatic carbocycles. The lowest BCUT2D eigenvalue weighted by Gasteiger charge is -2.17. The van der Waals surface area contributed by atoms with Crippen LogP contribution in [-0.2, 0) is 0 Å². The predicted octanol–water partition coefficient (Wildman–Crippen LogP) is 3.69. The zero-order valence-electron chi connectivity index (χ0n) is 9.80. The minimum atomic E-state index is 0.677. The molecule has 0 aliphatic rings. The van der Waals surface area contributed by atoms with Gasteiger partial charge in [0.1, 0.15) is 6.29 Å². The Hall–Kier alpha value is -1.74.